The number of carbonyl (C=O) groups is 1. The lowest BCUT2D eigenvalue weighted by atomic mass is 9.72. The molecule has 0 atom stereocenters. The average Bonchev–Trinajstić information content (AvgIpc) is 3.42. The van der Waals surface area contributed by atoms with Crippen molar-refractivity contribution >= 4 is 45.1 Å². The van der Waals surface area contributed by atoms with Crippen LogP contribution in [0, 0.1) is 29.5 Å². The topological polar surface area (TPSA) is 112 Å². The van der Waals surface area contributed by atoms with E-state index in [0.717, 1.165) is 35.7 Å². The second-order valence-corrected chi connectivity index (χ2v) is 12.8. The summed E-state index contributed by atoms with van der Waals surface area (Å²) in [4.78, 5) is 26.4. The van der Waals surface area contributed by atoms with Crippen LogP contribution in [0.4, 0.5) is 25.8 Å². The van der Waals surface area contributed by atoms with Crippen LogP contribution in [0.25, 0.3) is 22.3 Å². The van der Waals surface area contributed by atoms with E-state index in [1.165, 1.54) is 23.5 Å². The first-order valence-electron chi connectivity index (χ1n) is 13.5. The molecule has 0 aliphatic carbocycles. The fourth-order valence-electron chi connectivity index (χ4n) is 5.52. The number of halogens is 1. The van der Waals surface area contributed by atoms with Gasteiger partial charge < -0.3 is 19.9 Å². The van der Waals surface area contributed by atoms with Crippen molar-refractivity contribution in [2.24, 2.45) is 5.41 Å². The van der Waals surface area contributed by atoms with Crippen molar-refractivity contribution in [2.45, 2.75) is 46.8 Å². The molecule has 2 saturated heterocycles. The molecule has 12 heteroatoms. The number of nitriles is 1. The monoisotopic (exact) mass is 574 g/mol. The fourth-order valence-corrected chi connectivity index (χ4v) is 6.31. The van der Waals surface area contributed by atoms with Gasteiger partial charge in [-0.1, -0.05) is 11.3 Å². The number of benzene rings is 1. The van der Waals surface area contributed by atoms with Crippen LogP contribution in [-0.4, -0.2) is 62.5 Å². The molecule has 6 rings (SSSR count). The number of aryl methyl sites for hydroxylation is 2. The lowest BCUT2D eigenvalue weighted by Gasteiger charge is -2.60. The zero-order chi connectivity index (χ0) is 29.1. The summed E-state index contributed by atoms with van der Waals surface area (Å²) in [5.74, 6) is 0.402. The van der Waals surface area contributed by atoms with Crippen molar-refractivity contribution in [2.75, 3.05) is 36.4 Å². The number of likely N-dealkylation sites (tertiary alicyclic amines) is 1. The van der Waals surface area contributed by atoms with Crippen molar-refractivity contribution in [3.8, 4) is 17.3 Å². The van der Waals surface area contributed by atoms with Crippen LogP contribution in [0.2, 0.25) is 0 Å². The van der Waals surface area contributed by atoms with E-state index in [0.29, 0.717) is 46.5 Å². The first kappa shape index (κ1) is 27.0. The number of aromatic nitrogens is 4. The Hall–Kier alpha value is -4.24. The Labute approximate surface area is 241 Å². The molecule has 1 amide bonds. The van der Waals surface area contributed by atoms with E-state index < -0.39 is 5.60 Å². The minimum absolute atomic E-state index is 0.0817. The standard InChI is InChI=1S/C29H31FN8O2S/c1-6-38-25(34-26-33-23(22(12-31)41-26)18-7-9-19(30)10-8-18)20-11-21(17(2)32-24(20)35-38)36-13-29(14-36)15-37(16-29)27(39)40-28(3,4)5/h7-11H,6,13-16H2,1-5H3,(H,33,34). The highest BCUT2D eigenvalue weighted by Gasteiger charge is 2.54. The Balaban J connectivity index is 1.24. The second-order valence-electron chi connectivity index (χ2n) is 11.8. The summed E-state index contributed by atoms with van der Waals surface area (Å²) in [6.07, 6.45) is -0.257. The summed E-state index contributed by atoms with van der Waals surface area (Å²) in [6.45, 7) is 13.3. The number of ether oxygens (including phenoxy) is 1. The summed E-state index contributed by atoms with van der Waals surface area (Å²) in [5, 5.41) is 19.2. The molecular formula is C29H31FN8O2S. The van der Waals surface area contributed by atoms with E-state index >= 15 is 0 Å². The number of thiazole rings is 1. The summed E-state index contributed by atoms with van der Waals surface area (Å²) < 4.78 is 20.8. The Morgan fingerprint density at radius 1 is 1.20 bits per heavy atom. The van der Waals surface area contributed by atoms with Gasteiger partial charge in [-0.25, -0.2) is 23.8 Å². The molecule has 0 radical (unpaired) electrons. The number of nitrogens with zero attached hydrogens (tertiary/aromatic N) is 7. The molecule has 10 nitrogen and oxygen atoms in total. The summed E-state index contributed by atoms with van der Waals surface area (Å²) in [7, 11) is 0. The summed E-state index contributed by atoms with van der Waals surface area (Å²) >= 11 is 1.24. The van der Waals surface area contributed by atoms with E-state index in [1.807, 2.05) is 39.3 Å². The summed E-state index contributed by atoms with van der Waals surface area (Å²) in [6, 6.07) is 10.3. The molecule has 3 aromatic heterocycles. The van der Waals surface area contributed by atoms with Crippen LogP contribution in [0.1, 0.15) is 38.3 Å². The average molecular weight is 575 g/mol. The lowest BCUT2D eigenvalue weighted by Crippen LogP contribution is -2.73. The van der Waals surface area contributed by atoms with Crippen molar-refractivity contribution in [1.29, 1.82) is 5.26 Å². The van der Waals surface area contributed by atoms with Gasteiger partial charge >= 0.3 is 6.09 Å². The number of hydrogen-bond acceptors (Lipinski definition) is 9. The molecule has 0 unspecified atom stereocenters. The number of nitrogens with one attached hydrogen (secondary N) is 1. The SMILES string of the molecule is CCn1nc2nc(C)c(N3CC4(CN(C(=O)OC(C)(C)C)C4)C3)cc2c1Nc1nc(-c2ccc(F)cc2)c(C#N)s1. The summed E-state index contributed by atoms with van der Waals surface area (Å²) in [5.41, 5.74) is 3.31. The lowest BCUT2D eigenvalue weighted by molar-refractivity contribution is -0.0453. The third kappa shape index (κ3) is 4.95. The largest absolute Gasteiger partial charge is 0.444 e. The van der Waals surface area contributed by atoms with Gasteiger partial charge in [-0.2, -0.15) is 10.4 Å². The maximum absolute atomic E-state index is 13.5. The van der Waals surface area contributed by atoms with Crippen LogP contribution in [-0.2, 0) is 11.3 Å². The molecule has 2 fully saturated rings. The predicted molar refractivity (Wildman–Crippen MR) is 156 cm³/mol. The molecule has 1 N–H and O–H groups in total. The first-order chi connectivity index (χ1) is 19.5. The predicted octanol–water partition coefficient (Wildman–Crippen LogP) is 5.69. The van der Waals surface area contributed by atoms with Gasteiger partial charge in [0.2, 0.25) is 0 Å². The van der Waals surface area contributed by atoms with E-state index in [1.54, 1.807) is 17.0 Å². The van der Waals surface area contributed by atoms with Crippen LogP contribution < -0.4 is 10.2 Å². The molecule has 4 aromatic rings. The van der Waals surface area contributed by atoms with Crippen LogP contribution in [0.3, 0.4) is 0 Å². The normalized spacial score (nSPS) is 15.9. The second kappa shape index (κ2) is 9.69. The quantitative estimate of drug-likeness (QED) is 0.323. The molecule has 1 spiro atoms. The maximum atomic E-state index is 13.5. The molecular weight excluding hydrogens is 543 g/mol. The number of carbonyl (C=O) groups excluding carboxylic acids is 1. The zero-order valence-corrected chi connectivity index (χ0v) is 24.5. The molecule has 41 heavy (non-hydrogen) atoms. The highest BCUT2D eigenvalue weighted by molar-refractivity contribution is 7.16. The van der Waals surface area contributed by atoms with Gasteiger partial charge in [-0.05, 0) is 65.0 Å². The zero-order valence-electron chi connectivity index (χ0n) is 23.7. The molecule has 1 aromatic carbocycles. The number of anilines is 3. The van der Waals surface area contributed by atoms with E-state index in [2.05, 4.69) is 27.3 Å². The van der Waals surface area contributed by atoms with Gasteiger partial charge in [0, 0.05) is 43.7 Å². The molecule has 0 saturated carbocycles. The van der Waals surface area contributed by atoms with Crippen LogP contribution >= 0.6 is 11.3 Å². The number of fused-ring (bicyclic) bond motifs is 1. The van der Waals surface area contributed by atoms with Crippen LogP contribution in [0.5, 0.6) is 0 Å². The first-order valence-corrected chi connectivity index (χ1v) is 14.3. The number of rotatable bonds is 5. The van der Waals surface area contributed by atoms with Gasteiger partial charge in [0.1, 0.15) is 33.9 Å². The van der Waals surface area contributed by atoms with Crippen LogP contribution in [0.15, 0.2) is 30.3 Å². The van der Waals surface area contributed by atoms with Gasteiger partial charge in [0.25, 0.3) is 0 Å². The van der Waals surface area contributed by atoms with E-state index in [-0.39, 0.29) is 17.3 Å². The third-order valence-corrected chi connectivity index (χ3v) is 8.24. The van der Waals surface area contributed by atoms with Crippen molar-refractivity contribution in [3.63, 3.8) is 0 Å². The van der Waals surface area contributed by atoms with Gasteiger partial charge in [0.15, 0.2) is 10.8 Å². The van der Waals surface area contributed by atoms with E-state index in [9.17, 15) is 14.4 Å². The maximum Gasteiger partial charge on any atom is 0.410 e. The van der Waals surface area contributed by atoms with E-state index in [4.69, 9.17) is 14.8 Å². The third-order valence-electron chi connectivity index (χ3n) is 7.36. The highest BCUT2D eigenvalue weighted by Crippen LogP contribution is 2.44. The number of pyridine rings is 1. The fraction of sp³-hybridized carbons (Fsp3) is 0.414. The van der Waals surface area contributed by atoms with Gasteiger partial charge in [0.05, 0.1) is 16.8 Å². The number of amides is 1. The molecule has 5 heterocycles. The highest BCUT2D eigenvalue weighted by atomic mass is 32.1. The smallest absolute Gasteiger partial charge is 0.410 e. The molecule has 2 aliphatic rings. The Bertz CT molecular complexity index is 1680. The molecule has 2 aliphatic heterocycles. The Morgan fingerprint density at radius 2 is 1.90 bits per heavy atom. The van der Waals surface area contributed by atoms with Gasteiger partial charge in [-0.15, -0.1) is 0 Å². The molecule has 212 valence electrons. The minimum Gasteiger partial charge on any atom is -0.444 e. The molecule has 0 bridgehead atoms. The van der Waals surface area contributed by atoms with Gasteiger partial charge in [-0.3, -0.25) is 0 Å². The van der Waals surface area contributed by atoms with Crippen molar-refractivity contribution in [1.82, 2.24) is 24.6 Å². The number of hydrogen-bond donors (Lipinski definition) is 1. The van der Waals surface area contributed by atoms with Crippen molar-refractivity contribution < 1.29 is 13.9 Å². The minimum atomic E-state index is -0.504. The Kier molecular flexibility index (Phi) is 6.37. The van der Waals surface area contributed by atoms with Crippen molar-refractivity contribution in [3.05, 3.63) is 46.7 Å². The Morgan fingerprint density at radius 3 is 2.54 bits per heavy atom.